The lowest BCUT2D eigenvalue weighted by Gasteiger charge is -2.18. The number of rotatable bonds is 8. The van der Waals surface area contributed by atoms with Crippen molar-refractivity contribution in [3.63, 3.8) is 0 Å². The third-order valence-corrected chi connectivity index (χ3v) is 5.49. The van der Waals surface area contributed by atoms with E-state index in [-0.39, 0.29) is 25.7 Å². The quantitative estimate of drug-likeness (QED) is 0.502. The van der Waals surface area contributed by atoms with Gasteiger partial charge in [-0.25, -0.2) is 9.59 Å². The monoisotopic (exact) mass is 447 g/mol. The van der Waals surface area contributed by atoms with Crippen LogP contribution in [0.2, 0.25) is 0 Å². The molecule has 0 saturated carbocycles. The standard InChI is InChI=1S/C26H25NO6/c28-14-19(16-33-26(30)32-15-18-8-2-1-3-9-18)27-25(29)31-17-24-22-12-6-4-10-20(22)21-11-5-7-13-23(21)24/h1-13,19,24,28H,14-17H2,(H,27,29). The van der Waals surface area contributed by atoms with Gasteiger partial charge in [-0.2, -0.15) is 0 Å². The molecule has 1 aliphatic carbocycles. The van der Waals surface area contributed by atoms with Gasteiger partial charge in [-0.15, -0.1) is 0 Å². The second kappa shape index (κ2) is 10.7. The van der Waals surface area contributed by atoms with Crippen LogP contribution >= 0.6 is 0 Å². The number of hydrogen-bond donors (Lipinski definition) is 2. The molecule has 2 N–H and O–H groups in total. The second-order valence-electron chi connectivity index (χ2n) is 7.68. The zero-order valence-electron chi connectivity index (χ0n) is 18.0. The molecule has 170 valence electrons. The molecule has 3 aromatic carbocycles. The highest BCUT2D eigenvalue weighted by Gasteiger charge is 2.29. The lowest BCUT2D eigenvalue weighted by atomic mass is 9.98. The first kappa shape index (κ1) is 22.4. The Labute approximate surface area is 191 Å². The number of ether oxygens (including phenoxy) is 3. The van der Waals surface area contributed by atoms with Crippen LogP contribution in [0.25, 0.3) is 11.1 Å². The first-order chi connectivity index (χ1) is 16.2. The number of amides is 1. The summed E-state index contributed by atoms with van der Waals surface area (Å²) in [6.07, 6.45) is -1.58. The Hall–Kier alpha value is -3.84. The summed E-state index contributed by atoms with van der Waals surface area (Å²) < 4.78 is 15.5. The average Bonchev–Trinajstić information content (AvgIpc) is 3.18. The average molecular weight is 447 g/mol. The molecule has 0 heterocycles. The second-order valence-corrected chi connectivity index (χ2v) is 7.68. The van der Waals surface area contributed by atoms with E-state index >= 15 is 0 Å². The number of hydrogen-bond acceptors (Lipinski definition) is 6. The SMILES string of the molecule is O=C(NC(CO)COC(=O)OCc1ccccc1)OCC1c2ccccc2-c2ccccc21. The minimum absolute atomic E-state index is 0.0695. The van der Waals surface area contributed by atoms with Crippen molar-refractivity contribution in [2.24, 2.45) is 0 Å². The van der Waals surface area contributed by atoms with E-state index in [2.05, 4.69) is 17.4 Å². The molecular weight excluding hydrogens is 422 g/mol. The van der Waals surface area contributed by atoms with Crippen LogP contribution in [0, 0.1) is 0 Å². The number of carbonyl (C=O) groups is 2. The van der Waals surface area contributed by atoms with Gasteiger partial charge in [-0.05, 0) is 27.8 Å². The molecule has 1 amide bonds. The maximum atomic E-state index is 12.3. The lowest BCUT2D eigenvalue weighted by molar-refractivity contribution is 0.0368. The van der Waals surface area contributed by atoms with E-state index < -0.39 is 24.9 Å². The van der Waals surface area contributed by atoms with E-state index in [0.29, 0.717) is 0 Å². The third kappa shape index (κ3) is 5.51. The molecule has 0 aliphatic heterocycles. The molecule has 0 bridgehead atoms. The van der Waals surface area contributed by atoms with Crippen molar-refractivity contribution in [3.8, 4) is 11.1 Å². The van der Waals surface area contributed by atoms with Gasteiger partial charge in [0.15, 0.2) is 0 Å². The van der Waals surface area contributed by atoms with E-state index in [0.717, 1.165) is 27.8 Å². The number of benzene rings is 3. The Bertz CT molecular complexity index is 1060. The summed E-state index contributed by atoms with van der Waals surface area (Å²) in [6.45, 7) is -0.439. The summed E-state index contributed by atoms with van der Waals surface area (Å²) in [5.41, 5.74) is 5.31. The van der Waals surface area contributed by atoms with E-state index in [1.807, 2.05) is 66.7 Å². The van der Waals surface area contributed by atoms with Gasteiger partial charge in [0.25, 0.3) is 0 Å². The van der Waals surface area contributed by atoms with Gasteiger partial charge in [-0.1, -0.05) is 78.9 Å². The molecule has 7 nitrogen and oxygen atoms in total. The number of fused-ring (bicyclic) bond motifs is 3. The number of alkyl carbamates (subject to hydrolysis) is 1. The minimum atomic E-state index is -0.883. The Morgan fingerprint density at radius 3 is 2.06 bits per heavy atom. The summed E-state index contributed by atoms with van der Waals surface area (Å²) in [7, 11) is 0. The predicted octanol–water partition coefficient (Wildman–Crippen LogP) is 4.24. The molecule has 1 atom stereocenters. The smallest absolute Gasteiger partial charge is 0.449 e. The lowest BCUT2D eigenvalue weighted by Crippen LogP contribution is -2.42. The fraction of sp³-hybridized carbons (Fsp3) is 0.231. The van der Waals surface area contributed by atoms with Gasteiger partial charge in [0.1, 0.15) is 19.8 Å². The molecule has 3 aromatic rings. The van der Waals surface area contributed by atoms with Crippen molar-refractivity contribution in [2.45, 2.75) is 18.6 Å². The molecule has 4 rings (SSSR count). The van der Waals surface area contributed by atoms with Crippen molar-refractivity contribution in [3.05, 3.63) is 95.6 Å². The zero-order chi connectivity index (χ0) is 23.0. The number of aliphatic hydroxyl groups is 1. The van der Waals surface area contributed by atoms with Crippen molar-refractivity contribution >= 4 is 12.2 Å². The van der Waals surface area contributed by atoms with Crippen molar-refractivity contribution in [1.29, 1.82) is 0 Å². The van der Waals surface area contributed by atoms with E-state index in [1.54, 1.807) is 0 Å². The summed E-state index contributed by atoms with van der Waals surface area (Å²) in [6, 6.07) is 24.5. The molecule has 1 unspecified atom stereocenters. The largest absolute Gasteiger partial charge is 0.508 e. The summed E-state index contributed by atoms with van der Waals surface area (Å²) in [4.78, 5) is 24.1. The summed E-state index contributed by atoms with van der Waals surface area (Å²) in [5.74, 6) is -0.0695. The van der Waals surface area contributed by atoms with E-state index in [1.165, 1.54) is 0 Å². The fourth-order valence-electron chi connectivity index (χ4n) is 3.87. The van der Waals surface area contributed by atoms with Gasteiger partial charge < -0.3 is 24.6 Å². The summed E-state index contributed by atoms with van der Waals surface area (Å²) in [5, 5.41) is 12.1. The van der Waals surface area contributed by atoms with Gasteiger partial charge in [0.2, 0.25) is 0 Å². The summed E-state index contributed by atoms with van der Waals surface area (Å²) >= 11 is 0. The van der Waals surface area contributed by atoms with Gasteiger partial charge in [-0.3, -0.25) is 0 Å². The van der Waals surface area contributed by atoms with Crippen LogP contribution in [0.1, 0.15) is 22.6 Å². The fourth-order valence-corrected chi connectivity index (χ4v) is 3.87. The Balaban J connectivity index is 1.25. The number of nitrogens with one attached hydrogen (secondary N) is 1. The van der Waals surface area contributed by atoms with E-state index in [9.17, 15) is 14.7 Å². The van der Waals surface area contributed by atoms with Crippen LogP contribution in [0.15, 0.2) is 78.9 Å². The van der Waals surface area contributed by atoms with Crippen LogP contribution < -0.4 is 5.32 Å². The van der Waals surface area contributed by atoms with Crippen molar-refractivity contribution in [1.82, 2.24) is 5.32 Å². The maximum Gasteiger partial charge on any atom is 0.508 e. The third-order valence-electron chi connectivity index (χ3n) is 5.49. The molecule has 1 aliphatic rings. The van der Waals surface area contributed by atoms with Crippen molar-refractivity contribution in [2.75, 3.05) is 19.8 Å². The number of aliphatic hydroxyl groups excluding tert-OH is 1. The topological polar surface area (TPSA) is 94.1 Å². The Kier molecular flexibility index (Phi) is 7.22. The Morgan fingerprint density at radius 1 is 0.818 bits per heavy atom. The molecule has 0 spiro atoms. The maximum absolute atomic E-state index is 12.3. The molecule has 7 heteroatoms. The van der Waals surface area contributed by atoms with Crippen LogP contribution in [-0.2, 0) is 20.8 Å². The van der Waals surface area contributed by atoms with Crippen LogP contribution in [-0.4, -0.2) is 43.2 Å². The van der Waals surface area contributed by atoms with Gasteiger partial charge in [0, 0.05) is 5.92 Å². The molecular formula is C26H25NO6. The normalized spacial score (nSPS) is 12.9. The molecule has 0 fully saturated rings. The van der Waals surface area contributed by atoms with Crippen molar-refractivity contribution < 1.29 is 28.9 Å². The van der Waals surface area contributed by atoms with Gasteiger partial charge in [0.05, 0.1) is 12.6 Å². The number of carbonyl (C=O) groups excluding carboxylic acids is 2. The highest BCUT2D eigenvalue weighted by Crippen LogP contribution is 2.44. The molecule has 0 aromatic heterocycles. The molecule has 0 saturated heterocycles. The highest BCUT2D eigenvalue weighted by atomic mass is 16.7. The first-order valence-corrected chi connectivity index (χ1v) is 10.7. The highest BCUT2D eigenvalue weighted by molar-refractivity contribution is 5.79. The molecule has 33 heavy (non-hydrogen) atoms. The van der Waals surface area contributed by atoms with Gasteiger partial charge >= 0.3 is 12.2 Å². The molecule has 0 radical (unpaired) electrons. The minimum Gasteiger partial charge on any atom is -0.449 e. The van der Waals surface area contributed by atoms with Crippen LogP contribution in [0.4, 0.5) is 9.59 Å². The van der Waals surface area contributed by atoms with Crippen LogP contribution in [0.3, 0.4) is 0 Å². The zero-order valence-corrected chi connectivity index (χ0v) is 18.0. The first-order valence-electron chi connectivity index (χ1n) is 10.7. The predicted molar refractivity (Wildman–Crippen MR) is 122 cm³/mol. The van der Waals surface area contributed by atoms with Crippen LogP contribution in [0.5, 0.6) is 0 Å². The Morgan fingerprint density at radius 2 is 1.42 bits per heavy atom. The van der Waals surface area contributed by atoms with E-state index in [4.69, 9.17) is 14.2 Å².